The number of allylic oxidation sites excluding steroid dienone is 1. The van der Waals surface area contributed by atoms with E-state index >= 15 is 0 Å². The first-order chi connectivity index (χ1) is 18.4. The van der Waals surface area contributed by atoms with Crippen molar-refractivity contribution < 1.29 is 0 Å². The zero-order valence-electron chi connectivity index (χ0n) is 24.9. The number of anilines is 1. The molecule has 0 aliphatic carbocycles. The maximum absolute atomic E-state index is 9.06. The predicted molar refractivity (Wildman–Crippen MR) is 165 cm³/mol. The van der Waals surface area contributed by atoms with Crippen LogP contribution >= 0.6 is 0 Å². The summed E-state index contributed by atoms with van der Waals surface area (Å²) < 4.78 is 0. The Morgan fingerprint density at radius 3 is 1.92 bits per heavy atom. The van der Waals surface area contributed by atoms with Crippen LogP contribution < -0.4 is 4.90 Å². The summed E-state index contributed by atoms with van der Waals surface area (Å²) in [6.07, 6.45) is 2.84. The topological polar surface area (TPSA) is 50.8 Å². The van der Waals surface area contributed by atoms with E-state index in [-0.39, 0.29) is 11.0 Å². The van der Waals surface area contributed by atoms with Crippen LogP contribution in [0.3, 0.4) is 0 Å². The van der Waals surface area contributed by atoms with Gasteiger partial charge in [-0.2, -0.15) is 10.5 Å². The third-order valence-corrected chi connectivity index (χ3v) is 7.45. The Hall–Kier alpha value is -3.82. The molecule has 0 heterocycles. The molecule has 0 aromatic heterocycles. The van der Waals surface area contributed by atoms with Gasteiger partial charge in [-0.05, 0) is 96.0 Å². The van der Waals surface area contributed by atoms with Crippen LogP contribution in [-0.2, 0) is 6.54 Å². The SMILES string of the molecule is Cc1cc(-c2ccc(N(Cc3ccc(C(CC(C)C)C(C)(C)C)cc3)C(C)C)cc2)ccc1C=C(C#N)C#N. The van der Waals surface area contributed by atoms with Crippen molar-refractivity contribution >= 4 is 11.8 Å². The molecule has 0 amide bonds. The van der Waals surface area contributed by atoms with E-state index in [0.717, 1.165) is 28.8 Å². The van der Waals surface area contributed by atoms with Gasteiger partial charge in [0.2, 0.25) is 0 Å². The van der Waals surface area contributed by atoms with Crippen molar-refractivity contribution in [2.45, 2.75) is 80.3 Å². The van der Waals surface area contributed by atoms with E-state index in [1.54, 1.807) is 6.08 Å². The van der Waals surface area contributed by atoms with Crippen molar-refractivity contribution in [2.75, 3.05) is 4.90 Å². The van der Waals surface area contributed by atoms with Gasteiger partial charge in [0.15, 0.2) is 0 Å². The third-order valence-electron chi connectivity index (χ3n) is 7.45. The Kier molecular flexibility index (Phi) is 9.77. The standard InChI is InChI=1S/C36H43N3/c1-25(2)19-35(36(6,7)8)31-11-9-28(10-12-31)24-39(26(3)4)34-17-15-30(16-18-34)33-14-13-32(27(5)20-33)21-29(22-37)23-38/h9-18,20-21,25-26,35H,19,24H2,1-8H3. The summed E-state index contributed by atoms with van der Waals surface area (Å²) >= 11 is 0. The van der Waals surface area contributed by atoms with Gasteiger partial charge in [-0.3, -0.25) is 0 Å². The minimum atomic E-state index is 0.114. The predicted octanol–water partition coefficient (Wildman–Crippen LogP) is 9.68. The lowest BCUT2D eigenvalue weighted by Gasteiger charge is -2.33. The van der Waals surface area contributed by atoms with Gasteiger partial charge in [-0.1, -0.05) is 89.2 Å². The minimum Gasteiger partial charge on any atom is -0.365 e. The van der Waals surface area contributed by atoms with Gasteiger partial charge in [0.1, 0.15) is 17.7 Å². The molecule has 3 aromatic carbocycles. The van der Waals surface area contributed by atoms with Crippen LogP contribution in [0.1, 0.15) is 83.1 Å². The molecule has 1 unspecified atom stereocenters. The molecule has 3 rings (SSSR count). The van der Waals surface area contributed by atoms with E-state index in [1.807, 2.05) is 31.2 Å². The first kappa shape index (κ1) is 29.7. The summed E-state index contributed by atoms with van der Waals surface area (Å²) in [5.74, 6) is 1.22. The second kappa shape index (κ2) is 12.8. The molecule has 0 radical (unpaired) electrons. The van der Waals surface area contributed by atoms with Gasteiger partial charge in [0.05, 0.1) is 0 Å². The first-order valence-corrected chi connectivity index (χ1v) is 14.0. The van der Waals surface area contributed by atoms with Crippen molar-refractivity contribution in [3.63, 3.8) is 0 Å². The van der Waals surface area contributed by atoms with Gasteiger partial charge in [0, 0.05) is 18.3 Å². The quantitative estimate of drug-likeness (QED) is 0.265. The molecule has 0 aliphatic rings. The second-order valence-electron chi connectivity index (χ2n) is 12.4. The van der Waals surface area contributed by atoms with Gasteiger partial charge < -0.3 is 4.90 Å². The van der Waals surface area contributed by atoms with Gasteiger partial charge in [-0.15, -0.1) is 0 Å². The normalized spacial score (nSPS) is 12.1. The summed E-state index contributed by atoms with van der Waals surface area (Å²) in [5.41, 5.74) is 8.51. The molecule has 0 fully saturated rings. The number of nitriles is 2. The molecule has 39 heavy (non-hydrogen) atoms. The summed E-state index contributed by atoms with van der Waals surface area (Å²) in [4.78, 5) is 2.44. The molecule has 202 valence electrons. The van der Waals surface area contributed by atoms with Gasteiger partial charge >= 0.3 is 0 Å². The van der Waals surface area contributed by atoms with E-state index < -0.39 is 0 Å². The number of hydrogen-bond donors (Lipinski definition) is 0. The molecule has 3 nitrogen and oxygen atoms in total. The van der Waals surface area contributed by atoms with E-state index in [0.29, 0.717) is 17.9 Å². The molecule has 0 spiro atoms. The highest BCUT2D eigenvalue weighted by Crippen LogP contribution is 2.40. The fourth-order valence-corrected chi connectivity index (χ4v) is 5.19. The van der Waals surface area contributed by atoms with Crippen LogP contribution in [0.2, 0.25) is 0 Å². The summed E-state index contributed by atoms with van der Waals surface area (Å²) in [6.45, 7) is 19.0. The molecular formula is C36H43N3. The van der Waals surface area contributed by atoms with Crippen LogP contribution in [0, 0.1) is 40.9 Å². The van der Waals surface area contributed by atoms with Crippen LogP contribution in [-0.4, -0.2) is 6.04 Å². The summed E-state index contributed by atoms with van der Waals surface area (Å²) in [6, 6.07) is 28.4. The molecule has 0 aliphatic heterocycles. The van der Waals surface area contributed by atoms with Gasteiger partial charge in [-0.25, -0.2) is 0 Å². The molecule has 0 N–H and O–H groups in total. The third kappa shape index (κ3) is 7.84. The molecule has 1 atom stereocenters. The second-order valence-corrected chi connectivity index (χ2v) is 12.4. The van der Waals surface area contributed by atoms with E-state index in [2.05, 4.69) is 108 Å². The maximum Gasteiger partial charge on any atom is 0.130 e. The Morgan fingerprint density at radius 2 is 1.44 bits per heavy atom. The molecule has 3 heteroatoms. The highest BCUT2D eigenvalue weighted by Gasteiger charge is 2.27. The monoisotopic (exact) mass is 517 g/mol. The zero-order chi connectivity index (χ0) is 28.7. The molecule has 0 bridgehead atoms. The summed E-state index contributed by atoms with van der Waals surface area (Å²) in [5, 5.41) is 18.1. The number of aryl methyl sites for hydroxylation is 1. The first-order valence-electron chi connectivity index (χ1n) is 14.0. The van der Waals surface area contributed by atoms with Crippen molar-refractivity contribution in [3.8, 4) is 23.3 Å². The van der Waals surface area contributed by atoms with Crippen molar-refractivity contribution in [3.05, 3.63) is 94.6 Å². The number of hydrogen-bond acceptors (Lipinski definition) is 3. The van der Waals surface area contributed by atoms with Crippen LogP contribution in [0.5, 0.6) is 0 Å². The minimum absolute atomic E-state index is 0.114. The number of rotatable bonds is 9. The maximum atomic E-state index is 9.06. The van der Waals surface area contributed by atoms with Crippen molar-refractivity contribution in [1.82, 2.24) is 0 Å². The number of benzene rings is 3. The lowest BCUT2D eigenvalue weighted by molar-refractivity contribution is 0.280. The molecule has 0 saturated carbocycles. The fourth-order valence-electron chi connectivity index (χ4n) is 5.19. The Morgan fingerprint density at radius 1 is 0.846 bits per heavy atom. The summed E-state index contributed by atoms with van der Waals surface area (Å²) in [7, 11) is 0. The Balaban J connectivity index is 1.80. The molecule has 0 saturated heterocycles. The van der Waals surface area contributed by atoms with Crippen LogP contribution in [0.15, 0.2) is 72.3 Å². The van der Waals surface area contributed by atoms with Crippen molar-refractivity contribution in [1.29, 1.82) is 10.5 Å². The van der Waals surface area contributed by atoms with E-state index in [4.69, 9.17) is 10.5 Å². The Labute approximate surface area is 236 Å². The lowest BCUT2D eigenvalue weighted by Crippen LogP contribution is -2.30. The van der Waals surface area contributed by atoms with Crippen molar-refractivity contribution in [2.24, 2.45) is 11.3 Å². The average Bonchev–Trinajstić information content (AvgIpc) is 2.89. The van der Waals surface area contributed by atoms with E-state index in [9.17, 15) is 0 Å². The molecular weight excluding hydrogens is 474 g/mol. The van der Waals surface area contributed by atoms with E-state index in [1.165, 1.54) is 23.2 Å². The highest BCUT2D eigenvalue weighted by atomic mass is 15.1. The van der Waals surface area contributed by atoms with Gasteiger partial charge in [0.25, 0.3) is 0 Å². The zero-order valence-corrected chi connectivity index (χ0v) is 24.9. The average molecular weight is 518 g/mol. The van der Waals surface area contributed by atoms with Crippen LogP contribution in [0.25, 0.3) is 17.2 Å². The lowest BCUT2D eigenvalue weighted by atomic mass is 9.72. The fraction of sp³-hybridized carbons (Fsp3) is 0.389. The molecule has 3 aromatic rings. The number of nitrogens with zero attached hydrogens (tertiary/aromatic N) is 3. The smallest absolute Gasteiger partial charge is 0.130 e. The largest absolute Gasteiger partial charge is 0.365 e. The van der Waals surface area contributed by atoms with Crippen LogP contribution in [0.4, 0.5) is 5.69 Å². The highest BCUT2D eigenvalue weighted by molar-refractivity contribution is 5.71. The Bertz CT molecular complexity index is 1340.